The minimum Gasteiger partial charge on any atom is -0.444 e. The smallest absolute Gasteiger partial charge is 0.410 e. The average molecular weight is 377 g/mol. The van der Waals surface area contributed by atoms with Crippen LogP contribution in [-0.2, 0) is 4.74 Å². The van der Waals surface area contributed by atoms with Crippen molar-refractivity contribution < 1.29 is 19.0 Å². The highest BCUT2D eigenvalue weighted by Gasteiger charge is 2.32. The molecule has 0 aliphatic carbocycles. The van der Waals surface area contributed by atoms with E-state index < -0.39 is 17.8 Å². The number of hydrogen-bond donors (Lipinski definition) is 2. The maximum atomic E-state index is 13.6. The van der Waals surface area contributed by atoms with Gasteiger partial charge in [-0.3, -0.25) is 0 Å². The summed E-state index contributed by atoms with van der Waals surface area (Å²) in [5, 5.41) is 17.7. The zero-order chi connectivity index (χ0) is 19.1. The van der Waals surface area contributed by atoms with Gasteiger partial charge in [-0.2, -0.15) is 0 Å². The van der Waals surface area contributed by atoms with E-state index in [1.807, 2.05) is 0 Å². The molecule has 3 heterocycles. The second-order valence-electron chi connectivity index (χ2n) is 7.33. The Morgan fingerprint density at radius 1 is 1.50 bits per heavy atom. The van der Waals surface area contributed by atoms with Crippen LogP contribution in [0.1, 0.15) is 27.2 Å². The van der Waals surface area contributed by atoms with Gasteiger partial charge >= 0.3 is 6.09 Å². The number of anilines is 1. The zero-order valence-corrected chi connectivity index (χ0v) is 16.1. The lowest BCUT2D eigenvalue weighted by Gasteiger charge is -2.36. The lowest BCUT2D eigenvalue weighted by atomic mass is 10.0. The second-order valence-corrected chi connectivity index (χ2v) is 7.88. The van der Waals surface area contributed by atoms with Crippen molar-refractivity contribution in [3.05, 3.63) is 18.1 Å². The number of halogens is 1. The summed E-state index contributed by atoms with van der Waals surface area (Å²) in [6, 6.07) is 1.03. The summed E-state index contributed by atoms with van der Waals surface area (Å²) in [6.45, 7) is 6.00. The molecule has 0 unspecified atom stereocenters. The van der Waals surface area contributed by atoms with E-state index in [1.54, 1.807) is 20.8 Å². The fourth-order valence-corrected chi connectivity index (χ4v) is 3.07. The fraction of sp³-hybridized carbons (Fsp3) is 0.562. The molecule has 1 saturated heterocycles. The minimum atomic E-state index is -0.799. The van der Waals surface area contributed by atoms with Crippen LogP contribution < -0.4 is 9.87 Å². The first kappa shape index (κ1) is 18.9. The molecule has 1 aliphatic rings. The Bertz CT molecular complexity index is 822. The summed E-state index contributed by atoms with van der Waals surface area (Å²) in [6.07, 6.45) is 0.777. The quantitative estimate of drug-likeness (QED) is 0.739. The van der Waals surface area contributed by atoms with Crippen LogP contribution >= 0.6 is 0 Å². The fourth-order valence-electron chi connectivity index (χ4n) is 2.78. The van der Waals surface area contributed by atoms with Gasteiger partial charge in [-0.05, 0) is 31.7 Å². The van der Waals surface area contributed by atoms with Gasteiger partial charge in [0, 0.05) is 12.6 Å². The highest BCUT2D eigenvalue weighted by molar-refractivity contribution is 6.31. The number of aliphatic hydroxyl groups is 1. The van der Waals surface area contributed by atoms with Gasteiger partial charge in [0.2, 0.25) is 22.2 Å². The molecular weight excluding hydrogens is 356 g/mol. The van der Waals surface area contributed by atoms with Crippen LogP contribution in [0.15, 0.2) is 12.3 Å². The third kappa shape index (κ3) is 4.09. The Morgan fingerprint density at radius 2 is 2.23 bits per heavy atom. The van der Waals surface area contributed by atoms with Crippen LogP contribution in [0.2, 0.25) is 0 Å². The topological polar surface area (TPSA) is 92.0 Å². The number of ether oxygens (including phenoxy) is 1. The van der Waals surface area contributed by atoms with Crippen molar-refractivity contribution in [3.8, 4) is 0 Å². The van der Waals surface area contributed by atoms with Gasteiger partial charge in [0.1, 0.15) is 11.4 Å². The number of aromatic nitrogens is 3. The summed E-state index contributed by atoms with van der Waals surface area (Å²) >= 11 is 2.30. The van der Waals surface area contributed by atoms with Crippen LogP contribution in [0, 0.1) is 5.82 Å². The number of carbonyl (C=O) groups excluding carboxylic acids is 1. The molecular formula is C16H21AlFN5O3. The average Bonchev–Trinajstić information content (AvgIpc) is 2.82. The van der Waals surface area contributed by atoms with E-state index >= 15 is 0 Å². The highest BCUT2D eigenvalue weighted by Crippen LogP contribution is 2.18. The number of aliphatic hydroxyl groups excluding tert-OH is 1. The van der Waals surface area contributed by atoms with E-state index in [0.717, 1.165) is 0 Å². The summed E-state index contributed by atoms with van der Waals surface area (Å²) in [4.78, 5) is 17.8. The molecule has 1 fully saturated rings. The molecule has 0 bridgehead atoms. The number of amides is 1. The molecule has 1 aliphatic heterocycles. The normalized spacial score (nSPS) is 21.0. The van der Waals surface area contributed by atoms with E-state index in [4.69, 9.17) is 4.74 Å². The van der Waals surface area contributed by atoms with Crippen molar-refractivity contribution in [2.75, 3.05) is 18.4 Å². The molecule has 2 atom stereocenters. The first-order chi connectivity index (χ1) is 12.1. The predicted molar refractivity (Wildman–Crippen MR) is 94.2 cm³/mol. The molecule has 26 heavy (non-hydrogen) atoms. The first-order valence-corrected chi connectivity index (χ1v) is 8.94. The van der Waals surface area contributed by atoms with Gasteiger partial charge in [0.25, 0.3) is 0 Å². The maximum absolute atomic E-state index is 13.6. The van der Waals surface area contributed by atoms with Gasteiger partial charge in [0.05, 0.1) is 30.4 Å². The molecule has 2 aromatic heterocycles. The van der Waals surface area contributed by atoms with Crippen LogP contribution in [0.4, 0.5) is 15.1 Å². The van der Waals surface area contributed by atoms with Crippen LogP contribution in [0.25, 0.3) is 5.52 Å². The molecule has 3 rings (SSSR count). The minimum absolute atomic E-state index is 0.155. The van der Waals surface area contributed by atoms with Crippen molar-refractivity contribution in [1.82, 2.24) is 19.5 Å². The lowest BCUT2D eigenvalue weighted by molar-refractivity contribution is 0.00113. The molecule has 8 nitrogen and oxygen atoms in total. The predicted octanol–water partition coefficient (Wildman–Crippen LogP) is 0.444. The third-order valence-electron chi connectivity index (χ3n) is 4.05. The molecule has 2 N–H and O–H groups in total. The number of nitrogens with zero attached hydrogens (tertiary/aromatic N) is 4. The first-order valence-electron chi connectivity index (χ1n) is 8.36. The van der Waals surface area contributed by atoms with Crippen LogP contribution in [0.5, 0.6) is 0 Å². The molecule has 0 aromatic carbocycles. The lowest BCUT2D eigenvalue weighted by Crippen LogP contribution is -2.52. The largest absolute Gasteiger partial charge is 0.444 e. The second kappa shape index (κ2) is 7.02. The summed E-state index contributed by atoms with van der Waals surface area (Å²) in [7, 11) is 0. The third-order valence-corrected chi connectivity index (χ3v) is 4.57. The monoisotopic (exact) mass is 377 g/mol. The van der Waals surface area contributed by atoms with Gasteiger partial charge in [-0.25, -0.2) is 18.7 Å². The molecule has 0 spiro atoms. The number of β-amino-alcohol motifs (C(OH)–C–C–N with tert-alkyl or cyclic N) is 1. The molecule has 2 radical (unpaired) electrons. The van der Waals surface area contributed by atoms with Gasteiger partial charge in [-0.1, -0.05) is 0 Å². The SMILES string of the molecule is CC(C)(C)OC(=O)N1CC[C@@H](Nc2ncc3cc(F)[c]([Al])n3n2)[C@H](O)C1. The molecule has 10 heteroatoms. The molecule has 0 saturated carbocycles. The van der Waals surface area contributed by atoms with E-state index in [2.05, 4.69) is 31.7 Å². The number of carbonyl (C=O) groups is 1. The number of likely N-dealkylation sites (tertiary alicyclic amines) is 1. The van der Waals surface area contributed by atoms with E-state index in [9.17, 15) is 14.3 Å². The summed E-state index contributed by atoms with van der Waals surface area (Å²) in [5.74, 6) is -0.0984. The van der Waals surface area contributed by atoms with Crippen LogP contribution in [0.3, 0.4) is 0 Å². The van der Waals surface area contributed by atoms with E-state index in [1.165, 1.54) is 21.7 Å². The highest BCUT2D eigenvalue weighted by atomic mass is 27.0. The number of nitrogens with one attached hydrogen (secondary N) is 1. The Hall–Kier alpha value is -1.89. The molecule has 138 valence electrons. The van der Waals surface area contributed by atoms with E-state index in [0.29, 0.717) is 23.0 Å². The van der Waals surface area contributed by atoms with Crippen molar-refractivity contribution in [3.63, 3.8) is 0 Å². The zero-order valence-electron chi connectivity index (χ0n) is 14.9. The van der Waals surface area contributed by atoms with Crippen molar-refractivity contribution in [2.45, 2.75) is 44.9 Å². The number of fused-ring (bicyclic) bond motifs is 1. The number of piperidine rings is 1. The van der Waals surface area contributed by atoms with E-state index in [-0.39, 0.29) is 24.4 Å². The number of rotatable bonds is 2. The molecule has 1 amide bonds. The van der Waals surface area contributed by atoms with Crippen LogP contribution in [-0.4, -0.2) is 77.8 Å². The number of hydrogen-bond acceptors (Lipinski definition) is 6. The Kier molecular flexibility index (Phi) is 5.10. The van der Waals surface area contributed by atoms with Crippen molar-refractivity contribution in [2.24, 2.45) is 0 Å². The Labute approximate surface area is 158 Å². The molecule has 2 aromatic rings. The Morgan fingerprint density at radius 3 is 2.88 bits per heavy atom. The van der Waals surface area contributed by atoms with Gasteiger partial charge in [-0.15, -0.1) is 5.10 Å². The van der Waals surface area contributed by atoms with Gasteiger partial charge < -0.3 is 20.1 Å². The standard InChI is InChI=1S/C16H21FN5O3.Al/c1-16(2,3)25-15(24)21-5-4-12(13(23)9-21)19-14-18-7-11-6-10(17)8-22(11)20-14;/h6-7,12-13,23H,4-5,9H2,1-3H3,(H,19,20);/t12-,13-;/m1./s1. The summed E-state index contributed by atoms with van der Waals surface area (Å²) < 4.78 is 20.7. The van der Waals surface area contributed by atoms with Crippen molar-refractivity contribution >= 4 is 38.4 Å². The Balaban J connectivity index is 1.65. The van der Waals surface area contributed by atoms with Crippen molar-refractivity contribution in [1.29, 1.82) is 0 Å². The maximum Gasteiger partial charge on any atom is 0.410 e. The summed E-state index contributed by atoms with van der Waals surface area (Å²) in [5.41, 5.74) is -0.0409. The van der Waals surface area contributed by atoms with Gasteiger partial charge in [0.15, 0.2) is 0 Å².